The van der Waals surface area contributed by atoms with Gasteiger partial charge in [-0.2, -0.15) is 0 Å². The van der Waals surface area contributed by atoms with Crippen molar-refractivity contribution in [1.29, 1.82) is 0 Å². The summed E-state index contributed by atoms with van der Waals surface area (Å²) in [5.74, 6) is 0.783. The average molecular weight is 568 g/mol. The molecule has 3 aromatic heterocycles. The number of carbonyl (C=O) groups excluding carboxylic acids is 2. The minimum atomic E-state index is -0.265. The standard InChI is InChI=1S/C33H37N5O4/c1-16-18(3)32-36-24(16)13-26-20(5)22(9-11-30(39)41-7)28(34-26)15-29-23(10-12-31(40)42-8)21(6)27(35-29)14-25-17(2)19(4)33(37-25)38-32/h13-15,34-35H,9-12H2,1-8H3. The number of rotatable bonds is 6. The first-order valence-corrected chi connectivity index (χ1v) is 14.1. The quantitative estimate of drug-likeness (QED) is 0.329. The van der Waals surface area contributed by atoms with Crippen LogP contribution in [0.15, 0.2) is 18.2 Å². The van der Waals surface area contributed by atoms with E-state index < -0.39 is 0 Å². The second-order valence-electron chi connectivity index (χ2n) is 11.0. The third-order valence-electron chi connectivity index (χ3n) is 8.60. The molecule has 5 rings (SSSR count). The first-order valence-electron chi connectivity index (χ1n) is 14.1. The zero-order valence-corrected chi connectivity index (χ0v) is 25.5. The van der Waals surface area contributed by atoms with Crippen molar-refractivity contribution in [3.63, 3.8) is 0 Å². The SMILES string of the molecule is COC(=O)CCc1c(C)c2cc3nc(nc4nc(cc5[nH]c(cc1[nH]2)c(CCC(=O)OC)c5C)C(C)=C4C)C(C)=C3C. The molecule has 0 saturated heterocycles. The normalized spacial score (nSPS) is 13.1. The largest absolute Gasteiger partial charge is 0.469 e. The van der Waals surface area contributed by atoms with Crippen LogP contribution in [0.4, 0.5) is 0 Å². The third-order valence-corrected chi connectivity index (χ3v) is 8.60. The summed E-state index contributed by atoms with van der Waals surface area (Å²) in [4.78, 5) is 46.1. The topological polar surface area (TPSA) is 123 Å². The van der Waals surface area contributed by atoms with Crippen molar-refractivity contribution >= 4 is 56.3 Å². The minimum Gasteiger partial charge on any atom is -0.469 e. The molecule has 9 heteroatoms. The van der Waals surface area contributed by atoms with Crippen LogP contribution in [0.2, 0.25) is 0 Å². The molecule has 8 bridgehead atoms. The number of H-pyrrole nitrogens is 2. The van der Waals surface area contributed by atoms with Crippen molar-refractivity contribution in [1.82, 2.24) is 24.9 Å². The molecule has 3 aromatic rings. The van der Waals surface area contributed by atoms with Gasteiger partial charge in [0.05, 0.1) is 25.6 Å². The van der Waals surface area contributed by atoms with Gasteiger partial charge in [-0.3, -0.25) is 9.59 Å². The van der Waals surface area contributed by atoms with E-state index in [0.717, 1.165) is 78.0 Å². The number of ether oxygens (including phenoxy) is 2. The van der Waals surface area contributed by atoms with Crippen molar-refractivity contribution in [3.05, 3.63) is 63.5 Å². The lowest BCUT2D eigenvalue weighted by molar-refractivity contribution is -0.141. The van der Waals surface area contributed by atoms with Crippen LogP contribution in [-0.2, 0) is 31.9 Å². The Balaban J connectivity index is 1.89. The van der Waals surface area contributed by atoms with Gasteiger partial charge in [0.2, 0.25) is 0 Å². The monoisotopic (exact) mass is 567 g/mol. The van der Waals surface area contributed by atoms with Crippen LogP contribution in [0.3, 0.4) is 0 Å². The van der Waals surface area contributed by atoms with Gasteiger partial charge in [-0.05, 0) is 117 Å². The predicted molar refractivity (Wildman–Crippen MR) is 165 cm³/mol. The molecule has 0 saturated carbocycles. The van der Waals surface area contributed by atoms with Gasteiger partial charge < -0.3 is 19.4 Å². The van der Waals surface area contributed by atoms with Crippen LogP contribution in [0.1, 0.15) is 85.8 Å². The van der Waals surface area contributed by atoms with E-state index in [0.29, 0.717) is 24.5 Å². The fraction of sp³-hybridized carbons (Fsp3) is 0.364. The van der Waals surface area contributed by atoms with Crippen LogP contribution in [0.5, 0.6) is 0 Å². The van der Waals surface area contributed by atoms with E-state index >= 15 is 0 Å². The lowest BCUT2D eigenvalue weighted by atomic mass is 10.0. The second-order valence-corrected chi connectivity index (χ2v) is 11.0. The minimum absolute atomic E-state index is 0.257. The Bertz CT molecular complexity index is 1720. The van der Waals surface area contributed by atoms with Crippen molar-refractivity contribution in [2.24, 2.45) is 0 Å². The van der Waals surface area contributed by atoms with E-state index in [4.69, 9.17) is 24.4 Å². The smallest absolute Gasteiger partial charge is 0.305 e. The van der Waals surface area contributed by atoms with E-state index in [9.17, 15) is 9.59 Å². The van der Waals surface area contributed by atoms with E-state index in [1.54, 1.807) is 0 Å². The first-order chi connectivity index (χ1) is 20.0. The molecule has 2 N–H and O–H groups in total. The highest BCUT2D eigenvalue weighted by Crippen LogP contribution is 2.33. The average Bonchev–Trinajstić information content (AvgIpc) is 3.61. The van der Waals surface area contributed by atoms with Crippen molar-refractivity contribution < 1.29 is 19.1 Å². The molecule has 0 fully saturated rings. The maximum absolute atomic E-state index is 12.1. The van der Waals surface area contributed by atoms with Crippen LogP contribution < -0.4 is 0 Å². The number of allylic oxidation sites excluding steroid dienone is 4. The number of nitrogens with zero attached hydrogens (tertiary/aromatic N) is 3. The van der Waals surface area contributed by atoms with Gasteiger partial charge >= 0.3 is 11.9 Å². The number of hydrogen-bond donors (Lipinski definition) is 2. The number of fused-ring (bicyclic) bond motifs is 8. The van der Waals surface area contributed by atoms with Gasteiger partial charge in [-0.15, -0.1) is 0 Å². The fourth-order valence-electron chi connectivity index (χ4n) is 5.50. The Hall–Kier alpha value is -4.53. The number of nitrogens with one attached hydrogen (secondary N) is 2. The summed E-state index contributed by atoms with van der Waals surface area (Å²) in [5, 5.41) is 0. The molecule has 2 aliphatic heterocycles. The number of aromatic amines is 2. The molecule has 218 valence electrons. The molecule has 9 nitrogen and oxygen atoms in total. The van der Waals surface area contributed by atoms with E-state index in [1.165, 1.54) is 14.2 Å². The third kappa shape index (κ3) is 5.26. The van der Waals surface area contributed by atoms with Crippen molar-refractivity contribution in [2.75, 3.05) is 14.2 Å². The number of esters is 2. The fourth-order valence-corrected chi connectivity index (χ4v) is 5.50. The number of aryl methyl sites for hydroxylation is 4. The highest BCUT2D eigenvalue weighted by molar-refractivity contribution is 5.93. The molecule has 2 aliphatic rings. The lowest BCUT2D eigenvalue weighted by Crippen LogP contribution is -2.02. The van der Waals surface area contributed by atoms with Gasteiger partial charge in [0, 0.05) is 34.9 Å². The summed E-state index contributed by atoms with van der Waals surface area (Å²) in [7, 11) is 2.81. The summed E-state index contributed by atoms with van der Waals surface area (Å²) in [6.07, 6.45) is 1.53. The molecule has 42 heavy (non-hydrogen) atoms. The zero-order valence-electron chi connectivity index (χ0n) is 25.5. The number of aromatic nitrogens is 5. The Labute approximate surface area is 245 Å². The lowest BCUT2D eigenvalue weighted by Gasteiger charge is -2.02. The van der Waals surface area contributed by atoms with Crippen LogP contribution in [0, 0.1) is 13.8 Å². The predicted octanol–water partition coefficient (Wildman–Crippen LogP) is 6.44. The van der Waals surface area contributed by atoms with Crippen LogP contribution >= 0.6 is 0 Å². The Kier molecular flexibility index (Phi) is 7.86. The van der Waals surface area contributed by atoms with Gasteiger partial charge in [0.15, 0.2) is 11.6 Å². The van der Waals surface area contributed by atoms with Crippen molar-refractivity contribution in [2.45, 2.75) is 67.2 Å². The van der Waals surface area contributed by atoms with Gasteiger partial charge in [-0.25, -0.2) is 15.0 Å². The van der Waals surface area contributed by atoms with E-state index in [2.05, 4.69) is 43.7 Å². The summed E-state index contributed by atoms with van der Waals surface area (Å²) in [6.45, 7) is 12.3. The molecule has 5 heterocycles. The second kappa shape index (κ2) is 11.4. The van der Waals surface area contributed by atoms with E-state index in [1.807, 2.05) is 26.0 Å². The molecule has 0 atom stereocenters. The van der Waals surface area contributed by atoms with E-state index in [-0.39, 0.29) is 24.8 Å². The maximum Gasteiger partial charge on any atom is 0.305 e. The molecule has 0 amide bonds. The molecule has 0 radical (unpaired) electrons. The maximum atomic E-state index is 12.1. The van der Waals surface area contributed by atoms with Gasteiger partial charge in [0.1, 0.15) is 0 Å². The molecular formula is C33H37N5O4. The summed E-state index contributed by atoms with van der Waals surface area (Å²) in [5.41, 5.74) is 13.5. The number of carbonyl (C=O) groups is 2. The summed E-state index contributed by atoms with van der Waals surface area (Å²) < 4.78 is 9.87. The number of hydrogen-bond acceptors (Lipinski definition) is 7. The Morgan fingerprint density at radius 3 is 1.38 bits per heavy atom. The summed E-state index contributed by atoms with van der Waals surface area (Å²) in [6, 6.07) is 6.15. The Morgan fingerprint density at radius 1 is 0.595 bits per heavy atom. The Morgan fingerprint density at radius 2 is 1.00 bits per heavy atom. The molecule has 0 unspecified atom stereocenters. The number of methoxy groups -OCH3 is 2. The summed E-state index contributed by atoms with van der Waals surface area (Å²) >= 11 is 0. The first kappa shape index (κ1) is 29.0. The highest BCUT2D eigenvalue weighted by atomic mass is 16.5. The van der Waals surface area contributed by atoms with Crippen LogP contribution in [0.25, 0.3) is 44.4 Å². The van der Waals surface area contributed by atoms with Gasteiger partial charge in [-0.1, -0.05) is 0 Å². The van der Waals surface area contributed by atoms with Gasteiger partial charge in [0.25, 0.3) is 0 Å². The molecule has 0 aliphatic carbocycles. The van der Waals surface area contributed by atoms with Crippen LogP contribution in [-0.4, -0.2) is 51.1 Å². The highest BCUT2D eigenvalue weighted by Gasteiger charge is 2.20. The molecule has 0 aromatic carbocycles. The zero-order chi connectivity index (χ0) is 30.3. The molecule has 0 spiro atoms. The molecular weight excluding hydrogens is 530 g/mol. The van der Waals surface area contributed by atoms with Crippen molar-refractivity contribution in [3.8, 4) is 0 Å².